The smallest absolute Gasteiger partial charge is 0.137 e. The first-order chi connectivity index (χ1) is 6.33. The zero-order valence-corrected chi connectivity index (χ0v) is 7.40. The highest BCUT2D eigenvalue weighted by Gasteiger charge is 2.11. The lowest BCUT2D eigenvalue weighted by Crippen LogP contribution is -1.98. The van der Waals surface area contributed by atoms with E-state index in [1.165, 1.54) is 0 Å². The van der Waals surface area contributed by atoms with Crippen molar-refractivity contribution in [1.82, 2.24) is 4.98 Å². The maximum Gasteiger partial charge on any atom is 0.137 e. The molecule has 0 saturated carbocycles. The average molecular weight is 177 g/mol. The van der Waals surface area contributed by atoms with Crippen LogP contribution >= 0.6 is 0 Å². The summed E-state index contributed by atoms with van der Waals surface area (Å²) < 4.78 is 5.20. The monoisotopic (exact) mass is 177 g/mol. The molecule has 0 aliphatic carbocycles. The lowest BCUT2D eigenvalue weighted by atomic mass is 10.1. The summed E-state index contributed by atoms with van der Waals surface area (Å²) in [5.74, 6) is 0. The molecule has 1 unspecified atom stereocenters. The minimum absolute atomic E-state index is 0.499. The molecule has 0 aliphatic heterocycles. The van der Waals surface area contributed by atoms with E-state index >= 15 is 0 Å². The molecule has 2 aromatic heterocycles. The average Bonchev–Trinajstić information content (AvgIpc) is 2.63. The second-order valence-electron chi connectivity index (χ2n) is 2.95. The van der Waals surface area contributed by atoms with Crippen molar-refractivity contribution in [1.29, 1.82) is 0 Å². The third-order valence-electron chi connectivity index (χ3n) is 2.11. The topological polar surface area (TPSA) is 46.3 Å². The molecule has 0 spiro atoms. The van der Waals surface area contributed by atoms with Crippen LogP contribution in [0.1, 0.15) is 25.1 Å². The lowest BCUT2D eigenvalue weighted by Gasteiger charge is -2.06. The van der Waals surface area contributed by atoms with Gasteiger partial charge in [-0.1, -0.05) is 6.92 Å². The molecular weight excluding hydrogens is 166 g/mol. The van der Waals surface area contributed by atoms with Crippen molar-refractivity contribution in [3.63, 3.8) is 0 Å². The summed E-state index contributed by atoms with van der Waals surface area (Å²) in [6, 6.07) is 3.62. The van der Waals surface area contributed by atoms with Crippen molar-refractivity contribution in [2.45, 2.75) is 19.4 Å². The van der Waals surface area contributed by atoms with E-state index < -0.39 is 6.10 Å². The van der Waals surface area contributed by atoms with Gasteiger partial charge in [-0.15, -0.1) is 0 Å². The Morgan fingerprint density at radius 2 is 2.38 bits per heavy atom. The fourth-order valence-electron chi connectivity index (χ4n) is 1.38. The number of nitrogens with zero attached hydrogens (tertiary/aromatic N) is 1. The molecule has 0 bridgehead atoms. The molecule has 0 fully saturated rings. The highest BCUT2D eigenvalue weighted by molar-refractivity contribution is 5.79. The molecule has 68 valence electrons. The normalized spacial score (nSPS) is 13.4. The highest BCUT2D eigenvalue weighted by Crippen LogP contribution is 2.24. The van der Waals surface area contributed by atoms with Crippen molar-refractivity contribution in [2.24, 2.45) is 0 Å². The van der Waals surface area contributed by atoms with Gasteiger partial charge >= 0.3 is 0 Å². The van der Waals surface area contributed by atoms with Crippen molar-refractivity contribution in [2.75, 3.05) is 0 Å². The van der Waals surface area contributed by atoms with Crippen molar-refractivity contribution >= 4 is 11.0 Å². The summed E-state index contributed by atoms with van der Waals surface area (Å²) in [5, 5.41) is 10.5. The Balaban J connectivity index is 2.60. The maximum absolute atomic E-state index is 9.64. The molecule has 2 rings (SSSR count). The Kier molecular flexibility index (Phi) is 2.02. The minimum Gasteiger partial charge on any atom is -0.464 e. The van der Waals surface area contributed by atoms with Crippen LogP contribution in [0.4, 0.5) is 0 Å². The Labute approximate surface area is 76.0 Å². The number of aliphatic hydroxyl groups is 1. The van der Waals surface area contributed by atoms with E-state index in [0.29, 0.717) is 12.1 Å². The van der Waals surface area contributed by atoms with E-state index in [1.807, 2.05) is 13.0 Å². The van der Waals surface area contributed by atoms with E-state index in [4.69, 9.17) is 4.42 Å². The maximum atomic E-state index is 9.64. The summed E-state index contributed by atoms with van der Waals surface area (Å²) in [6.45, 7) is 1.92. The van der Waals surface area contributed by atoms with Gasteiger partial charge < -0.3 is 9.52 Å². The molecule has 0 saturated heterocycles. The zero-order valence-electron chi connectivity index (χ0n) is 7.40. The number of hydrogen-bond donors (Lipinski definition) is 1. The van der Waals surface area contributed by atoms with Crippen LogP contribution in [0.2, 0.25) is 0 Å². The first kappa shape index (κ1) is 8.26. The number of rotatable bonds is 2. The van der Waals surface area contributed by atoms with Gasteiger partial charge in [0.05, 0.1) is 18.1 Å². The first-order valence-corrected chi connectivity index (χ1v) is 4.33. The van der Waals surface area contributed by atoms with Crippen LogP contribution in [-0.4, -0.2) is 10.1 Å². The van der Waals surface area contributed by atoms with Crippen molar-refractivity contribution in [3.8, 4) is 0 Å². The summed E-state index contributed by atoms with van der Waals surface area (Å²) in [6.07, 6.45) is 3.43. The van der Waals surface area contributed by atoms with Gasteiger partial charge in [-0.3, -0.25) is 4.98 Å². The van der Waals surface area contributed by atoms with Crippen molar-refractivity contribution < 1.29 is 9.52 Å². The number of hydrogen-bond acceptors (Lipinski definition) is 3. The summed E-state index contributed by atoms with van der Waals surface area (Å²) in [5.41, 5.74) is 1.48. The quantitative estimate of drug-likeness (QED) is 0.765. The number of aliphatic hydroxyl groups excluding tert-OH is 1. The predicted molar refractivity (Wildman–Crippen MR) is 49.3 cm³/mol. The number of fused-ring (bicyclic) bond motifs is 1. The largest absolute Gasteiger partial charge is 0.464 e. The molecule has 1 N–H and O–H groups in total. The van der Waals surface area contributed by atoms with Crippen molar-refractivity contribution in [3.05, 3.63) is 30.3 Å². The van der Waals surface area contributed by atoms with E-state index in [1.54, 1.807) is 18.5 Å². The van der Waals surface area contributed by atoms with Gasteiger partial charge in [0.2, 0.25) is 0 Å². The Bertz CT molecular complexity index is 408. The summed E-state index contributed by atoms with van der Waals surface area (Å²) in [4.78, 5) is 4.14. The molecule has 0 amide bonds. The number of furan rings is 1. The molecular formula is C10H11NO2. The first-order valence-electron chi connectivity index (χ1n) is 4.33. The van der Waals surface area contributed by atoms with Gasteiger partial charge in [-0.2, -0.15) is 0 Å². The molecule has 0 radical (unpaired) electrons. The van der Waals surface area contributed by atoms with Gasteiger partial charge in [-0.25, -0.2) is 0 Å². The van der Waals surface area contributed by atoms with E-state index in [9.17, 15) is 5.11 Å². The van der Waals surface area contributed by atoms with Gasteiger partial charge in [0.25, 0.3) is 0 Å². The fourth-order valence-corrected chi connectivity index (χ4v) is 1.38. The van der Waals surface area contributed by atoms with Crippen LogP contribution in [0.5, 0.6) is 0 Å². The molecule has 0 aliphatic rings. The highest BCUT2D eigenvalue weighted by atomic mass is 16.3. The molecule has 3 heteroatoms. The van der Waals surface area contributed by atoms with Crippen LogP contribution < -0.4 is 0 Å². The van der Waals surface area contributed by atoms with Crippen LogP contribution in [0.25, 0.3) is 11.0 Å². The SMILES string of the molecule is CCC(O)c1nccc2occc12. The zero-order chi connectivity index (χ0) is 9.26. The molecule has 0 aromatic carbocycles. The van der Waals surface area contributed by atoms with Crippen LogP contribution in [0, 0.1) is 0 Å². The van der Waals surface area contributed by atoms with E-state index in [0.717, 1.165) is 11.0 Å². The van der Waals surface area contributed by atoms with E-state index in [2.05, 4.69) is 4.98 Å². The molecule has 3 nitrogen and oxygen atoms in total. The second-order valence-corrected chi connectivity index (χ2v) is 2.95. The third-order valence-corrected chi connectivity index (χ3v) is 2.11. The fraction of sp³-hybridized carbons (Fsp3) is 0.300. The standard InChI is InChI=1S/C10H11NO2/c1-2-8(12)10-7-4-6-13-9(7)3-5-11-10/h3-6,8,12H,2H2,1H3. The molecule has 13 heavy (non-hydrogen) atoms. The lowest BCUT2D eigenvalue weighted by molar-refractivity contribution is 0.170. The van der Waals surface area contributed by atoms with Gasteiger partial charge in [0, 0.05) is 11.6 Å². The van der Waals surface area contributed by atoms with Crippen LogP contribution in [0.15, 0.2) is 29.0 Å². The predicted octanol–water partition coefficient (Wildman–Crippen LogP) is 2.27. The summed E-state index contributed by atoms with van der Waals surface area (Å²) in [7, 11) is 0. The molecule has 2 heterocycles. The van der Waals surface area contributed by atoms with Gasteiger partial charge in [-0.05, 0) is 18.6 Å². The Morgan fingerprint density at radius 1 is 1.54 bits per heavy atom. The summed E-state index contributed by atoms with van der Waals surface area (Å²) >= 11 is 0. The van der Waals surface area contributed by atoms with Crippen LogP contribution in [-0.2, 0) is 0 Å². The Morgan fingerprint density at radius 3 is 3.15 bits per heavy atom. The number of pyridine rings is 1. The molecule has 1 atom stereocenters. The second kappa shape index (κ2) is 3.18. The van der Waals surface area contributed by atoms with Gasteiger partial charge in [0.15, 0.2) is 0 Å². The third kappa shape index (κ3) is 1.31. The van der Waals surface area contributed by atoms with E-state index in [-0.39, 0.29) is 0 Å². The Hall–Kier alpha value is -1.35. The van der Waals surface area contributed by atoms with Gasteiger partial charge in [0.1, 0.15) is 5.58 Å². The molecule has 2 aromatic rings. The number of aromatic nitrogens is 1. The minimum atomic E-state index is -0.499. The van der Waals surface area contributed by atoms with Crippen LogP contribution in [0.3, 0.4) is 0 Å².